The fraction of sp³-hybridized carbons (Fsp3) is 0.0909. The second kappa shape index (κ2) is 4.19. The summed E-state index contributed by atoms with van der Waals surface area (Å²) in [6, 6.07) is 1.72. The predicted octanol–water partition coefficient (Wildman–Crippen LogP) is 2.15. The molecule has 0 amide bonds. The van der Waals surface area contributed by atoms with Crippen molar-refractivity contribution in [2.24, 2.45) is 0 Å². The maximum atomic E-state index is 5.94. The molecule has 7 heteroatoms. The summed E-state index contributed by atoms with van der Waals surface area (Å²) < 4.78 is 5.21. The van der Waals surface area contributed by atoms with Crippen molar-refractivity contribution in [2.45, 2.75) is 6.92 Å². The molecule has 0 spiro atoms. The molecule has 6 nitrogen and oxygen atoms in total. The van der Waals surface area contributed by atoms with Crippen LogP contribution in [0.4, 0.5) is 5.69 Å². The van der Waals surface area contributed by atoms with Crippen molar-refractivity contribution < 1.29 is 4.52 Å². The Kier molecular flexibility index (Phi) is 2.52. The van der Waals surface area contributed by atoms with Gasteiger partial charge in [0.2, 0.25) is 5.82 Å². The van der Waals surface area contributed by atoms with Gasteiger partial charge in [0.05, 0.1) is 5.69 Å². The Balaban J connectivity index is 2.02. The highest BCUT2D eigenvalue weighted by Gasteiger charge is 2.16. The van der Waals surface area contributed by atoms with Gasteiger partial charge in [0, 0.05) is 6.20 Å². The summed E-state index contributed by atoms with van der Waals surface area (Å²) in [6.07, 6.45) is 3.07. The average Bonchev–Trinajstić information content (AvgIpc) is 3.00. The lowest BCUT2D eigenvalue weighted by Gasteiger charge is -1.92. The summed E-state index contributed by atoms with van der Waals surface area (Å²) in [7, 11) is 0. The summed E-state index contributed by atoms with van der Waals surface area (Å²) in [5, 5.41) is 5.85. The maximum absolute atomic E-state index is 5.94. The smallest absolute Gasteiger partial charge is 0.270 e. The van der Waals surface area contributed by atoms with Crippen LogP contribution in [0.15, 0.2) is 28.5 Å². The molecular formula is C11H9N5OS. The molecule has 0 aliphatic carbocycles. The lowest BCUT2D eigenvalue weighted by atomic mass is 10.3. The highest BCUT2D eigenvalue weighted by Crippen LogP contribution is 2.34. The third-order valence-electron chi connectivity index (χ3n) is 2.45. The molecule has 0 radical (unpaired) electrons. The van der Waals surface area contributed by atoms with Gasteiger partial charge in [-0.15, -0.1) is 11.3 Å². The van der Waals surface area contributed by atoms with E-state index in [-0.39, 0.29) is 0 Å². The van der Waals surface area contributed by atoms with Gasteiger partial charge < -0.3 is 10.3 Å². The first-order chi connectivity index (χ1) is 8.75. The molecule has 0 unspecified atom stereocenters. The van der Waals surface area contributed by atoms with Crippen LogP contribution in [0.5, 0.6) is 0 Å². The minimum Gasteiger partial charge on any atom is -0.397 e. The molecule has 3 heterocycles. The summed E-state index contributed by atoms with van der Waals surface area (Å²) in [5.41, 5.74) is 8.25. The lowest BCUT2D eigenvalue weighted by Crippen LogP contribution is -1.88. The molecule has 0 aliphatic rings. The van der Waals surface area contributed by atoms with Crippen molar-refractivity contribution in [3.63, 3.8) is 0 Å². The summed E-state index contributed by atoms with van der Waals surface area (Å²) >= 11 is 1.48. The van der Waals surface area contributed by atoms with Crippen LogP contribution in [0.2, 0.25) is 0 Å². The Morgan fingerprint density at radius 1 is 1.39 bits per heavy atom. The first-order valence-corrected chi connectivity index (χ1v) is 6.07. The van der Waals surface area contributed by atoms with Gasteiger partial charge in [-0.2, -0.15) is 4.98 Å². The van der Waals surface area contributed by atoms with Crippen LogP contribution in [0, 0.1) is 6.92 Å². The molecular weight excluding hydrogens is 250 g/mol. The minimum atomic E-state index is 0.416. The number of nitrogens with zero attached hydrogens (tertiary/aromatic N) is 4. The van der Waals surface area contributed by atoms with E-state index in [1.807, 2.05) is 12.3 Å². The van der Waals surface area contributed by atoms with Gasteiger partial charge in [0.1, 0.15) is 16.9 Å². The first-order valence-electron chi connectivity index (χ1n) is 5.19. The van der Waals surface area contributed by atoms with Gasteiger partial charge in [0.15, 0.2) is 0 Å². The first kappa shape index (κ1) is 10.8. The zero-order valence-corrected chi connectivity index (χ0v) is 10.3. The van der Waals surface area contributed by atoms with Crippen LogP contribution >= 0.6 is 11.3 Å². The van der Waals surface area contributed by atoms with E-state index < -0.39 is 0 Å². The topological polar surface area (TPSA) is 90.7 Å². The molecule has 0 aromatic carbocycles. The van der Waals surface area contributed by atoms with E-state index in [1.165, 1.54) is 17.7 Å². The number of nitrogens with two attached hydrogens (primary N) is 1. The number of hydrogen-bond donors (Lipinski definition) is 1. The normalized spacial score (nSPS) is 10.7. The molecule has 0 fully saturated rings. The van der Waals surface area contributed by atoms with E-state index in [0.29, 0.717) is 23.1 Å². The van der Waals surface area contributed by atoms with E-state index in [4.69, 9.17) is 10.3 Å². The quantitative estimate of drug-likeness (QED) is 0.758. The molecule has 0 saturated carbocycles. The van der Waals surface area contributed by atoms with Crippen LogP contribution in [-0.2, 0) is 0 Å². The molecule has 0 atom stereocenters. The van der Waals surface area contributed by atoms with E-state index in [9.17, 15) is 0 Å². The van der Waals surface area contributed by atoms with Crippen LogP contribution in [0.3, 0.4) is 0 Å². The molecule has 3 aromatic rings. The second-order valence-electron chi connectivity index (χ2n) is 3.68. The molecule has 3 rings (SSSR count). The third kappa shape index (κ3) is 1.74. The number of aryl methyl sites for hydroxylation is 1. The fourth-order valence-corrected chi connectivity index (χ4v) is 2.35. The minimum absolute atomic E-state index is 0.416. The highest BCUT2D eigenvalue weighted by molar-refractivity contribution is 7.14. The van der Waals surface area contributed by atoms with E-state index in [0.717, 1.165) is 10.4 Å². The lowest BCUT2D eigenvalue weighted by molar-refractivity contribution is 0.433. The van der Waals surface area contributed by atoms with Crippen molar-refractivity contribution >= 4 is 17.0 Å². The Labute approximate surface area is 107 Å². The van der Waals surface area contributed by atoms with Crippen molar-refractivity contribution in [1.82, 2.24) is 20.1 Å². The van der Waals surface area contributed by atoms with Crippen molar-refractivity contribution in [1.29, 1.82) is 0 Å². The summed E-state index contributed by atoms with van der Waals surface area (Å²) in [5.74, 6) is 0.845. The number of anilines is 1. The monoisotopic (exact) mass is 259 g/mol. The Morgan fingerprint density at radius 3 is 2.94 bits per heavy atom. The zero-order chi connectivity index (χ0) is 12.5. The predicted molar refractivity (Wildman–Crippen MR) is 67.8 cm³/mol. The number of aromatic nitrogens is 4. The molecule has 18 heavy (non-hydrogen) atoms. The maximum Gasteiger partial charge on any atom is 0.270 e. The summed E-state index contributed by atoms with van der Waals surface area (Å²) in [4.78, 5) is 13.0. The van der Waals surface area contributed by atoms with Crippen LogP contribution in [0.25, 0.3) is 22.3 Å². The Bertz CT molecular complexity index is 676. The molecule has 90 valence electrons. The van der Waals surface area contributed by atoms with Gasteiger partial charge in [-0.1, -0.05) is 5.16 Å². The van der Waals surface area contributed by atoms with Crippen LogP contribution in [0.1, 0.15) is 5.56 Å². The van der Waals surface area contributed by atoms with Gasteiger partial charge in [-0.05, 0) is 23.9 Å². The standard InChI is InChI=1S/C11H9N5OS/c1-6-4-18-9(8(6)12)11-15-10(16-17-11)7-2-3-13-5-14-7/h2-5H,12H2,1H3. The van der Waals surface area contributed by atoms with E-state index in [1.54, 1.807) is 12.3 Å². The zero-order valence-electron chi connectivity index (χ0n) is 9.49. The third-order valence-corrected chi connectivity index (χ3v) is 3.56. The van der Waals surface area contributed by atoms with Crippen molar-refractivity contribution in [2.75, 3.05) is 5.73 Å². The highest BCUT2D eigenvalue weighted by atomic mass is 32.1. The molecule has 0 saturated heterocycles. The Morgan fingerprint density at radius 2 is 2.28 bits per heavy atom. The number of hydrogen-bond acceptors (Lipinski definition) is 7. The van der Waals surface area contributed by atoms with E-state index in [2.05, 4.69) is 20.1 Å². The number of nitrogen functional groups attached to an aromatic ring is 1. The largest absolute Gasteiger partial charge is 0.397 e. The van der Waals surface area contributed by atoms with Gasteiger partial charge in [-0.3, -0.25) is 0 Å². The average molecular weight is 259 g/mol. The molecule has 0 aliphatic heterocycles. The van der Waals surface area contributed by atoms with Gasteiger partial charge in [0.25, 0.3) is 5.89 Å². The van der Waals surface area contributed by atoms with Crippen LogP contribution in [-0.4, -0.2) is 20.1 Å². The van der Waals surface area contributed by atoms with Gasteiger partial charge in [-0.25, -0.2) is 9.97 Å². The van der Waals surface area contributed by atoms with Crippen LogP contribution < -0.4 is 5.73 Å². The summed E-state index contributed by atoms with van der Waals surface area (Å²) in [6.45, 7) is 1.94. The second-order valence-corrected chi connectivity index (χ2v) is 4.56. The SMILES string of the molecule is Cc1csc(-c2nc(-c3ccncn3)no2)c1N. The number of thiophene rings is 1. The molecule has 3 aromatic heterocycles. The number of rotatable bonds is 2. The molecule has 0 bridgehead atoms. The van der Waals surface area contributed by atoms with Crippen molar-refractivity contribution in [3.05, 3.63) is 29.5 Å². The Hall–Kier alpha value is -2.28. The van der Waals surface area contributed by atoms with Gasteiger partial charge >= 0.3 is 0 Å². The fourth-order valence-electron chi connectivity index (χ4n) is 1.46. The van der Waals surface area contributed by atoms with Crippen molar-refractivity contribution in [3.8, 4) is 22.3 Å². The van der Waals surface area contributed by atoms with E-state index >= 15 is 0 Å². The molecule has 2 N–H and O–H groups in total.